The Morgan fingerprint density at radius 2 is 1.84 bits per heavy atom. The second kappa shape index (κ2) is 7.53. The van der Waals surface area contributed by atoms with Gasteiger partial charge in [-0.1, -0.05) is 12.1 Å². The third-order valence-electron chi connectivity index (χ3n) is 2.53. The summed E-state index contributed by atoms with van der Waals surface area (Å²) >= 11 is 0. The Morgan fingerprint density at radius 3 is 2.37 bits per heavy atom. The molecule has 5 nitrogen and oxygen atoms in total. The van der Waals surface area contributed by atoms with Crippen LogP contribution in [0.15, 0.2) is 24.3 Å². The lowest BCUT2D eigenvalue weighted by Gasteiger charge is -2.10. The van der Waals surface area contributed by atoms with Crippen LogP contribution in [0.2, 0.25) is 0 Å². The average Bonchev–Trinajstić information content (AvgIpc) is 2.38. The second-order valence-electron chi connectivity index (χ2n) is 4.35. The molecular formula is C14H20N2O3. The maximum Gasteiger partial charge on any atom is 0.250 e. The first kappa shape index (κ1) is 15.2. The summed E-state index contributed by atoms with van der Waals surface area (Å²) in [4.78, 5) is 24.5. The van der Waals surface area contributed by atoms with Crippen molar-refractivity contribution >= 4 is 17.5 Å². The molecule has 1 aromatic carbocycles. The van der Waals surface area contributed by atoms with E-state index >= 15 is 0 Å². The number of ether oxygens (including phenoxy) is 1. The molecule has 0 unspecified atom stereocenters. The van der Waals surface area contributed by atoms with Gasteiger partial charge in [0.2, 0.25) is 11.8 Å². The van der Waals surface area contributed by atoms with Gasteiger partial charge in [-0.15, -0.1) is 0 Å². The lowest BCUT2D eigenvalue weighted by atomic mass is 10.1. The Morgan fingerprint density at radius 1 is 1.21 bits per heavy atom. The van der Waals surface area contributed by atoms with Gasteiger partial charge in [-0.05, 0) is 24.6 Å². The molecule has 0 heterocycles. The highest BCUT2D eigenvalue weighted by Gasteiger charge is 2.06. The van der Waals surface area contributed by atoms with Crippen molar-refractivity contribution in [1.82, 2.24) is 4.90 Å². The van der Waals surface area contributed by atoms with Crippen LogP contribution in [0.3, 0.4) is 0 Å². The van der Waals surface area contributed by atoms with E-state index in [4.69, 9.17) is 4.74 Å². The lowest BCUT2D eigenvalue weighted by Crippen LogP contribution is -2.23. The first-order valence-corrected chi connectivity index (χ1v) is 6.19. The lowest BCUT2D eigenvalue weighted by molar-refractivity contribution is -0.128. The van der Waals surface area contributed by atoms with Crippen molar-refractivity contribution in [3.63, 3.8) is 0 Å². The van der Waals surface area contributed by atoms with Gasteiger partial charge in [0.15, 0.2) is 0 Å². The van der Waals surface area contributed by atoms with Crippen molar-refractivity contribution in [2.24, 2.45) is 0 Å². The average molecular weight is 264 g/mol. The van der Waals surface area contributed by atoms with E-state index in [1.807, 2.05) is 19.1 Å². The van der Waals surface area contributed by atoms with E-state index in [1.165, 1.54) is 0 Å². The van der Waals surface area contributed by atoms with Crippen LogP contribution in [0.5, 0.6) is 0 Å². The minimum atomic E-state index is -0.182. The zero-order valence-electron chi connectivity index (χ0n) is 11.6. The van der Waals surface area contributed by atoms with E-state index in [0.29, 0.717) is 18.7 Å². The maximum atomic E-state index is 11.5. The van der Waals surface area contributed by atoms with Crippen molar-refractivity contribution < 1.29 is 14.3 Å². The number of amides is 2. The summed E-state index contributed by atoms with van der Waals surface area (Å²) in [5, 5.41) is 2.72. The molecule has 0 aliphatic carbocycles. The van der Waals surface area contributed by atoms with Crippen molar-refractivity contribution in [3.8, 4) is 0 Å². The van der Waals surface area contributed by atoms with Crippen molar-refractivity contribution in [1.29, 1.82) is 0 Å². The minimum Gasteiger partial charge on any atom is -0.372 e. The van der Waals surface area contributed by atoms with Gasteiger partial charge in [-0.25, -0.2) is 0 Å². The van der Waals surface area contributed by atoms with E-state index in [-0.39, 0.29) is 18.4 Å². The van der Waals surface area contributed by atoms with E-state index in [9.17, 15) is 9.59 Å². The molecule has 0 atom stereocenters. The molecule has 0 saturated heterocycles. The van der Waals surface area contributed by atoms with Crippen LogP contribution in [0.25, 0.3) is 0 Å². The molecule has 0 bridgehead atoms. The summed E-state index contributed by atoms with van der Waals surface area (Å²) in [6, 6.07) is 7.22. The number of nitrogens with zero attached hydrogens (tertiary/aromatic N) is 1. The second-order valence-corrected chi connectivity index (χ2v) is 4.35. The smallest absolute Gasteiger partial charge is 0.250 e. The fraction of sp³-hybridized carbons (Fsp3) is 0.429. The number of hydrogen-bond acceptors (Lipinski definition) is 3. The molecule has 0 radical (unpaired) electrons. The Hall–Kier alpha value is -1.88. The Kier molecular flexibility index (Phi) is 6.02. The molecular weight excluding hydrogens is 244 g/mol. The summed E-state index contributed by atoms with van der Waals surface area (Å²) in [6.45, 7) is 2.40. The first-order valence-electron chi connectivity index (χ1n) is 6.19. The maximum absolute atomic E-state index is 11.5. The van der Waals surface area contributed by atoms with Crippen LogP contribution in [-0.2, 0) is 20.7 Å². The quantitative estimate of drug-likeness (QED) is 0.842. The highest BCUT2D eigenvalue weighted by molar-refractivity contribution is 5.91. The molecule has 1 N–H and O–H groups in total. The summed E-state index contributed by atoms with van der Waals surface area (Å²) in [5.41, 5.74) is 1.62. The third-order valence-corrected chi connectivity index (χ3v) is 2.53. The fourth-order valence-corrected chi connectivity index (χ4v) is 1.43. The summed E-state index contributed by atoms with van der Waals surface area (Å²) in [5.74, 6) is -0.132. The zero-order chi connectivity index (χ0) is 14.3. The van der Waals surface area contributed by atoms with Crippen LogP contribution >= 0.6 is 0 Å². The monoisotopic (exact) mass is 264 g/mol. The van der Waals surface area contributed by atoms with Gasteiger partial charge >= 0.3 is 0 Å². The highest BCUT2D eigenvalue weighted by atomic mass is 16.5. The molecule has 0 saturated carbocycles. The van der Waals surface area contributed by atoms with Crippen LogP contribution in [-0.4, -0.2) is 44.0 Å². The molecule has 2 amide bonds. The van der Waals surface area contributed by atoms with Gasteiger partial charge in [-0.2, -0.15) is 0 Å². The zero-order valence-corrected chi connectivity index (χ0v) is 11.6. The molecule has 104 valence electrons. The molecule has 1 aromatic rings. The van der Waals surface area contributed by atoms with Crippen LogP contribution in [0, 0.1) is 0 Å². The van der Waals surface area contributed by atoms with E-state index in [1.54, 1.807) is 31.1 Å². The van der Waals surface area contributed by atoms with E-state index in [0.717, 1.165) is 5.56 Å². The van der Waals surface area contributed by atoms with Gasteiger partial charge in [0.25, 0.3) is 0 Å². The molecule has 5 heteroatoms. The standard InChI is InChI=1S/C14H20N2O3/c1-4-19-10-13(17)15-12-7-5-11(6-8-12)9-14(18)16(2)3/h5-8H,4,9-10H2,1-3H3,(H,15,17). The number of carbonyl (C=O) groups is 2. The number of nitrogens with one attached hydrogen (secondary N) is 1. The fourth-order valence-electron chi connectivity index (χ4n) is 1.43. The minimum absolute atomic E-state index is 0.0492. The molecule has 1 rings (SSSR count). The van der Waals surface area contributed by atoms with Crippen molar-refractivity contribution in [3.05, 3.63) is 29.8 Å². The topological polar surface area (TPSA) is 58.6 Å². The van der Waals surface area contributed by atoms with Gasteiger partial charge in [0.05, 0.1) is 6.42 Å². The Labute approximate surface area is 113 Å². The van der Waals surface area contributed by atoms with Gasteiger partial charge in [0, 0.05) is 26.4 Å². The largest absolute Gasteiger partial charge is 0.372 e. The molecule has 0 aliphatic rings. The van der Waals surface area contributed by atoms with E-state index < -0.39 is 0 Å². The van der Waals surface area contributed by atoms with Crippen molar-refractivity contribution in [2.45, 2.75) is 13.3 Å². The third kappa shape index (κ3) is 5.52. The van der Waals surface area contributed by atoms with E-state index in [2.05, 4.69) is 5.32 Å². The number of anilines is 1. The number of rotatable bonds is 6. The van der Waals surface area contributed by atoms with Gasteiger partial charge in [-0.3, -0.25) is 9.59 Å². The normalized spacial score (nSPS) is 10.1. The predicted molar refractivity (Wildman–Crippen MR) is 74.0 cm³/mol. The van der Waals surface area contributed by atoms with Crippen molar-refractivity contribution in [2.75, 3.05) is 32.6 Å². The molecule has 0 spiro atoms. The number of likely N-dealkylation sites (N-methyl/N-ethyl adjacent to an activating group) is 1. The first-order chi connectivity index (χ1) is 9.02. The highest BCUT2D eigenvalue weighted by Crippen LogP contribution is 2.10. The Bertz CT molecular complexity index is 427. The molecule has 0 fully saturated rings. The molecule has 0 aromatic heterocycles. The number of hydrogen-bond donors (Lipinski definition) is 1. The summed E-state index contributed by atoms with van der Waals surface area (Å²) in [6.07, 6.45) is 0.361. The summed E-state index contributed by atoms with van der Waals surface area (Å²) < 4.78 is 5.01. The molecule has 19 heavy (non-hydrogen) atoms. The molecule has 0 aliphatic heterocycles. The van der Waals surface area contributed by atoms with Crippen LogP contribution in [0.1, 0.15) is 12.5 Å². The van der Waals surface area contributed by atoms with Crippen LogP contribution in [0.4, 0.5) is 5.69 Å². The SMILES string of the molecule is CCOCC(=O)Nc1ccc(CC(=O)N(C)C)cc1. The Balaban J connectivity index is 2.52. The van der Waals surface area contributed by atoms with Crippen LogP contribution < -0.4 is 5.32 Å². The van der Waals surface area contributed by atoms with Gasteiger partial charge < -0.3 is 15.0 Å². The predicted octanol–water partition coefficient (Wildman–Crippen LogP) is 1.29. The number of carbonyl (C=O) groups excluding carboxylic acids is 2. The number of benzene rings is 1. The summed E-state index contributed by atoms with van der Waals surface area (Å²) in [7, 11) is 3.45. The van der Waals surface area contributed by atoms with Gasteiger partial charge in [0.1, 0.15) is 6.61 Å².